The van der Waals surface area contributed by atoms with Crippen molar-refractivity contribution in [1.82, 2.24) is 4.90 Å². The van der Waals surface area contributed by atoms with Gasteiger partial charge in [0.15, 0.2) is 0 Å². The second-order valence-corrected chi connectivity index (χ2v) is 6.36. The number of amides is 1. The molecule has 4 rings (SSSR count). The van der Waals surface area contributed by atoms with Gasteiger partial charge in [-0.3, -0.25) is 4.79 Å². The molecule has 2 aliphatic carbocycles. The quantitative estimate of drug-likeness (QED) is 0.860. The summed E-state index contributed by atoms with van der Waals surface area (Å²) in [5, 5.41) is 0. The molecule has 2 fully saturated rings. The number of likely N-dealkylation sites (tertiary alicyclic amines) is 1. The fraction of sp³-hybridized carbons (Fsp3) is 0.562. The maximum absolute atomic E-state index is 12.6. The van der Waals surface area contributed by atoms with Crippen LogP contribution < -0.4 is 5.73 Å². The van der Waals surface area contributed by atoms with Gasteiger partial charge in [0.25, 0.3) is 0 Å². The Morgan fingerprint density at radius 3 is 2.75 bits per heavy atom. The number of nitrogens with two attached hydrogens (primary N) is 1. The highest BCUT2D eigenvalue weighted by Gasteiger charge is 2.45. The highest BCUT2D eigenvalue weighted by molar-refractivity contribution is 5.87. The Balaban J connectivity index is 0.00000121. The van der Waals surface area contributed by atoms with Gasteiger partial charge < -0.3 is 10.6 Å². The predicted octanol–water partition coefficient (Wildman–Crippen LogP) is 1.94. The van der Waals surface area contributed by atoms with Gasteiger partial charge in [0.2, 0.25) is 5.91 Å². The van der Waals surface area contributed by atoms with Crippen molar-refractivity contribution >= 4 is 18.3 Å². The Labute approximate surface area is 125 Å². The van der Waals surface area contributed by atoms with Crippen molar-refractivity contribution in [2.75, 3.05) is 13.1 Å². The monoisotopic (exact) mass is 292 g/mol. The summed E-state index contributed by atoms with van der Waals surface area (Å²) >= 11 is 0. The first kappa shape index (κ1) is 13.9. The molecule has 1 saturated carbocycles. The largest absolute Gasteiger partial charge is 0.342 e. The molecule has 3 nitrogen and oxygen atoms in total. The van der Waals surface area contributed by atoms with E-state index in [4.69, 9.17) is 5.73 Å². The molecule has 20 heavy (non-hydrogen) atoms. The summed E-state index contributed by atoms with van der Waals surface area (Å²) in [4.78, 5) is 14.7. The number of nitrogens with zero attached hydrogens (tertiary/aromatic N) is 1. The first-order valence-corrected chi connectivity index (χ1v) is 7.36. The van der Waals surface area contributed by atoms with Gasteiger partial charge in [-0.25, -0.2) is 0 Å². The summed E-state index contributed by atoms with van der Waals surface area (Å²) in [6.45, 7) is 1.83. The number of carbonyl (C=O) groups is 1. The number of hydrogen-bond acceptors (Lipinski definition) is 2. The van der Waals surface area contributed by atoms with E-state index in [1.54, 1.807) is 0 Å². The van der Waals surface area contributed by atoms with Gasteiger partial charge in [0.1, 0.15) is 0 Å². The zero-order valence-corrected chi connectivity index (χ0v) is 12.3. The van der Waals surface area contributed by atoms with Crippen LogP contribution >= 0.6 is 12.4 Å². The second-order valence-electron chi connectivity index (χ2n) is 6.36. The Morgan fingerprint density at radius 1 is 1.20 bits per heavy atom. The number of halogens is 1. The molecule has 0 aromatic heterocycles. The molecular formula is C16H21ClN2O. The third-order valence-electron chi connectivity index (χ3n) is 5.38. The van der Waals surface area contributed by atoms with Crippen LogP contribution in [0.15, 0.2) is 24.3 Å². The molecule has 1 aromatic rings. The molecule has 1 amide bonds. The fourth-order valence-electron chi connectivity index (χ4n) is 4.19. The molecule has 4 unspecified atom stereocenters. The van der Waals surface area contributed by atoms with Gasteiger partial charge in [0, 0.05) is 19.1 Å². The van der Waals surface area contributed by atoms with Gasteiger partial charge in [-0.15, -0.1) is 12.4 Å². The van der Waals surface area contributed by atoms with Gasteiger partial charge in [0.05, 0.1) is 5.92 Å². The van der Waals surface area contributed by atoms with Crippen LogP contribution in [0, 0.1) is 11.8 Å². The van der Waals surface area contributed by atoms with E-state index in [1.807, 2.05) is 6.07 Å². The maximum Gasteiger partial charge on any atom is 0.230 e. The van der Waals surface area contributed by atoms with E-state index >= 15 is 0 Å². The number of benzene rings is 1. The molecular weight excluding hydrogens is 272 g/mol. The van der Waals surface area contributed by atoms with Crippen LogP contribution in [0.4, 0.5) is 0 Å². The van der Waals surface area contributed by atoms with Gasteiger partial charge in [-0.2, -0.15) is 0 Å². The minimum atomic E-state index is 0. The SMILES string of the molecule is Cl.NC1CCC2CN(C(=O)C3Cc4ccccc43)CC12. The summed E-state index contributed by atoms with van der Waals surface area (Å²) in [5.74, 6) is 1.67. The Kier molecular flexibility index (Phi) is 3.51. The lowest BCUT2D eigenvalue weighted by Gasteiger charge is -2.32. The summed E-state index contributed by atoms with van der Waals surface area (Å²) in [7, 11) is 0. The number of hydrogen-bond donors (Lipinski definition) is 1. The Hall–Kier alpha value is -1.06. The van der Waals surface area contributed by atoms with E-state index in [-0.39, 0.29) is 18.3 Å². The maximum atomic E-state index is 12.6. The van der Waals surface area contributed by atoms with Gasteiger partial charge in [-0.1, -0.05) is 24.3 Å². The number of rotatable bonds is 1. The van der Waals surface area contributed by atoms with Crippen LogP contribution in [-0.2, 0) is 11.2 Å². The molecule has 0 radical (unpaired) electrons. The van der Waals surface area contributed by atoms with Crippen LogP contribution in [0.5, 0.6) is 0 Å². The summed E-state index contributed by atoms with van der Waals surface area (Å²) in [6, 6.07) is 8.64. The molecule has 108 valence electrons. The van der Waals surface area contributed by atoms with Crippen molar-refractivity contribution in [3.8, 4) is 0 Å². The van der Waals surface area contributed by atoms with E-state index in [0.29, 0.717) is 23.8 Å². The average Bonchev–Trinajstić information content (AvgIpc) is 2.94. The molecule has 1 aromatic carbocycles. The lowest BCUT2D eigenvalue weighted by Crippen LogP contribution is -2.39. The van der Waals surface area contributed by atoms with E-state index < -0.39 is 0 Å². The second kappa shape index (κ2) is 5.05. The number of fused-ring (bicyclic) bond motifs is 2. The molecule has 3 aliphatic rings. The topological polar surface area (TPSA) is 46.3 Å². The van der Waals surface area contributed by atoms with E-state index in [9.17, 15) is 4.79 Å². The molecule has 4 heteroatoms. The zero-order valence-electron chi connectivity index (χ0n) is 11.5. The van der Waals surface area contributed by atoms with E-state index in [2.05, 4.69) is 23.1 Å². The number of carbonyl (C=O) groups excluding carboxylic acids is 1. The lowest BCUT2D eigenvalue weighted by molar-refractivity contribution is -0.132. The van der Waals surface area contributed by atoms with Crippen LogP contribution in [0.2, 0.25) is 0 Å². The summed E-state index contributed by atoms with van der Waals surface area (Å²) in [5.41, 5.74) is 8.73. The Morgan fingerprint density at radius 2 is 2.00 bits per heavy atom. The minimum Gasteiger partial charge on any atom is -0.342 e. The average molecular weight is 293 g/mol. The Bertz CT molecular complexity index is 533. The van der Waals surface area contributed by atoms with Crippen LogP contribution in [0.3, 0.4) is 0 Å². The smallest absolute Gasteiger partial charge is 0.230 e. The molecule has 4 atom stereocenters. The molecule has 0 bridgehead atoms. The van der Waals surface area contributed by atoms with E-state index in [0.717, 1.165) is 25.9 Å². The highest BCUT2D eigenvalue weighted by Crippen LogP contribution is 2.41. The third kappa shape index (κ3) is 1.95. The first-order chi connectivity index (χ1) is 9.24. The van der Waals surface area contributed by atoms with Crippen LogP contribution in [0.25, 0.3) is 0 Å². The highest BCUT2D eigenvalue weighted by atomic mass is 35.5. The molecule has 1 heterocycles. The van der Waals surface area contributed by atoms with Crippen molar-refractivity contribution in [1.29, 1.82) is 0 Å². The lowest BCUT2D eigenvalue weighted by atomic mass is 9.77. The molecule has 1 aliphatic heterocycles. The van der Waals surface area contributed by atoms with Gasteiger partial charge >= 0.3 is 0 Å². The molecule has 1 saturated heterocycles. The normalized spacial score (nSPS) is 34.0. The summed E-state index contributed by atoms with van der Waals surface area (Å²) < 4.78 is 0. The summed E-state index contributed by atoms with van der Waals surface area (Å²) in [6.07, 6.45) is 3.27. The minimum absolute atomic E-state index is 0. The fourth-order valence-corrected chi connectivity index (χ4v) is 4.19. The van der Waals surface area contributed by atoms with Crippen molar-refractivity contribution in [3.63, 3.8) is 0 Å². The first-order valence-electron chi connectivity index (χ1n) is 7.36. The van der Waals surface area contributed by atoms with Crippen molar-refractivity contribution < 1.29 is 4.79 Å². The van der Waals surface area contributed by atoms with Crippen molar-refractivity contribution in [3.05, 3.63) is 35.4 Å². The van der Waals surface area contributed by atoms with Crippen molar-refractivity contribution in [2.45, 2.75) is 31.2 Å². The van der Waals surface area contributed by atoms with E-state index in [1.165, 1.54) is 17.5 Å². The van der Waals surface area contributed by atoms with Crippen LogP contribution in [0.1, 0.15) is 29.9 Å². The molecule has 0 spiro atoms. The third-order valence-corrected chi connectivity index (χ3v) is 5.38. The zero-order chi connectivity index (χ0) is 13.0. The predicted molar refractivity (Wildman–Crippen MR) is 80.9 cm³/mol. The standard InChI is InChI=1S/C16H20N2O.ClH/c17-15-6-5-11-8-18(9-14(11)15)16(19)13-7-10-3-1-2-4-12(10)13;/h1-4,11,13-15H,5-9,17H2;1H. The molecule has 2 N–H and O–H groups in total. The van der Waals surface area contributed by atoms with Crippen LogP contribution in [-0.4, -0.2) is 29.9 Å². The van der Waals surface area contributed by atoms with Crippen molar-refractivity contribution in [2.24, 2.45) is 17.6 Å². The van der Waals surface area contributed by atoms with Gasteiger partial charge in [-0.05, 0) is 42.2 Å².